The Morgan fingerprint density at radius 2 is 1.94 bits per heavy atom. The number of aromatic hydroxyl groups is 1. The van der Waals surface area contributed by atoms with E-state index in [0.29, 0.717) is 17.7 Å². The number of benzene rings is 2. The van der Waals surface area contributed by atoms with E-state index in [1.54, 1.807) is 25.3 Å². The first kappa shape index (κ1) is 23.1. The van der Waals surface area contributed by atoms with Crippen molar-refractivity contribution in [1.29, 1.82) is 0 Å². The fourth-order valence-electron chi connectivity index (χ4n) is 4.60. The van der Waals surface area contributed by atoms with Crippen LogP contribution in [-0.4, -0.2) is 52.6 Å². The van der Waals surface area contributed by atoms with Crippen LogP contribution in [0.2, 0.25) is 0 Å². The van der Waals surface area contributed by atoms with Crippen LogP contribution >= 0.6 is 0 Å². The van der Waals surface area contributed by atoms with Gasteiger partial charge in [0.25, 0.3) is 5.91 Å². The number of aliphatic hydroxyl groups is 1. The number of hydrogen-bond donors (Lipinski definition) is 3. The Balaban J connectivity index is 1.53. The molecule has 5 rings (SSSR count). The maximum absolute atomic E-state index is 13.3. The largest absolute Gasteiger partial charge is 0.504 e. The molecule has 0 spiro atoms. The van der Waals surface area contributed by atoms with Crippen LogP contribution in [0.1, 0.15) is 27.7 Å². The summed E-state index contributed by atoms with van der Waals surface area (Å²) in [5, 5.41) is 21.9. The van der Waals surface area contributed by atoms with Crippen LogP contribution in [0.4, 0.5) is 0 Å². The number of nitrogens with one attached hydrogen (secondary N) is 1. The summed E-state index contributed by atoms with van der Waals surface area (Å²) in [5.41, 5.74) is 2.28. The lowest BCUT2D eigenvalue weighted by Crippen LogP contribution is -2.33. The van der Waals surface area contributed by atoms with E-state index in [-0.39, 0.29) is 29.4 Å². The zero-order valence-corrected chi connectivity index (χ0v) is 19.6. The minimum atomic E-state index is -0.913. The number of aromatic amines is 1. The summed E-state index contributed by atoms with van der Waals surface area (Å²) in [6.45, 7) is 0.204. The lowest BCUT2D eigenvalue weighted by atomic mass is 9.94. The predicted molar refractivity (Wildman–Crippen MR) is 130 cm³/mol. The van der Waals surface area contributed by atoms with Crippen molar-refractivity contribution in [3.05, 3.63) is 89.2 Å². The molecule has 1 amide bonds. The van der Waals surface area contributed by atoms with Crippen molar-refractivity contribution < 1.29 is 33.7 Å². The standard InChI is InChI=1S/C27H24N2O7/c1-34-17-6-7-19-18(13-17)16(14-28-19)9-10-29-24(15-5-8-20(30)22(12-15)35-2)23(26(32)27(29)33)25(31)21-4-3-11-36-21/h3-8,11-14,24,28,30,32H,9-10H2,1-2H3/t24-/m0/s1. The molecule has 0 unspecified atom stereocenters. The molecule has 0 aliphatic carbocycles. The number of furan rings is 1. The summed E-state index contributed by atoms with van der Waals surface area (Å²) >= 11 is 0. The number of hydrogen-bond acceptors (Lipinski definition) is 7. The van der Waals surface area contributed by atoms with Gasteiger partial charge in [-0.3, -0.25) is 9.59 Å². The number of Topliss-reactive ketones (excluding diaryl/α,β-unsaturated/α-hetero) is 1. The topological polar surface area (TPSA) is 125 Å². The van der Waals surface area contributed by atoms with Gasteiger partial charge in [-0.2, -0.15) is 0 Å². The van der Waals surface area contributed by atoms with Crippen molar-refractivity contribution in [2.24, 2.45) is 0 Å². The second-order valence-electron chi connectivity index (χ2n) is 8.38. The molecule has 0 saturated carbocycles. The number of amides is 1. The zero-order chi connectivity index (χ0) is 25.4. The Morgan fingerprint density at radius 3 is 2.67 bits per heavy atom. The molecule has 3 heterocycles. The Hall–Kier alpha value is -4.66. The van der Waals surface area contributed by atoms with E-state index in [2.05, 4.69) is 4.98 Å². The van der Waals surface area contributed by atoms with Crippen LogP contribution < -0.4 is 9.47 Å². The number of carbonyl (C=O) groups is 2. The van der Waals surface area contributed by atoms with E-state index in [1.165, 1.54) is 30.4 Å². The maximum Gasteiger partial charge on any atom is 0.290 e. The second-order valence-corrected chi connectivity index (χ2v) is 8.38. The van der Waals surface area contributed by atoms with Gasteiger partial charge in [0, 0.05) is 23.6 Å². The van der Waals surface area contributed by atoms with Crippen LogP contribution in [0.25, 0.3) is 10.9 Å². The number of phenols is 1. The van der Waals surface area contributed by atoms with Crippen molar-refractivity contribution in [2.45, 2.75) is 12.5 Å². The van der Waals surface area contributed by atoms with Crippen LogP contribution in [-0.2, 0) is 11.2 Å². The van der Waals surface area contributed by atoms with Gasteiger partial charge < -0.3 is 34.0 Å². The molecule has 0 fully saturated rings. The molecular weight excluding hydrogens is 464 g/mol. The van der Waals surface area contributed by atoms with Crippen molar-refractivity contribution in [3.8, 4) is 17.2 Å². The number of phenolic OH excluding ortho intramolecular Hbond substituents is 1. The molecule has 3 N–H and O–H groups in total. The van der Waals surface area contributed by atoms with Crippen molar-refractivity contribution in [3.63, 3.8) is 0 Å². The van der Waals surface area contributed by atoms with Crippen LogP contribution in [0.5, 0.6) is 17.2 Å². The molecule has 1 aliphatic rings. The van der Waals surface area contributed by atoms with E-state index in [1.807, 2.05) is 24.4 Å². The number of ketones is 1. The lowest BCUT2D eigenvalue weighted by molar-refractivity contribution is -0.129. The molecule has 36 heavy (non-hydrogen) atoms. The van der Waals surface area contributed by atoms with Gasteiger partial charge in [-0.25, -0.2) is 0 Å². The third-order valence-electron chi connectivity index (χ3n) is 6.41. The monoisotopic (exact) mass is 488 g/mol. The third kappa shape index (κ3) is 3.84. The Bertz CT molecular complexity index is 1480. The first-order chi connectivity index (χ1) is 17.4. The number of nitrogens with zero attached hydrogens (tertiary/aromatic N) is 1. The van der Waals surface area contributed by atoms with Gasteiger partial charge in [0.1, 0.15) is 5.75 Å². The number of fused-ring (bicyclic) bond motifs is 1. The minimum Gasteiger partial charge on any atom is -0.504 e. The third-order valence-corrected chi connectivity index (χ3v) is 6.41. The van der Waals surface area contributed by atoms with E-state index < -0.39 is 23.5 Å². The summed E-state index contributed by atoms with van der Waals surface area (Å²) in [6, 6.07) is 12.4. The summed E-state index contributed by atoms with van der Waals surface area (Å²) in [7, 11) is 3.00. The van der Waals surface area contributed by atoms with Gasteiger partial charge in [0.05, 0.1) is 32.1 Å². The zero-order valence-electron chi connectivity index (χ0n) is 19.6. The fraction of sp³-hybridized carbons (Fsp3) is 0.185. The molecule has 0 radical (unpaired) electrons. The number of methoxy groups -OCH3 is 2. The Morgan fingerprint density at radius 1 is 1.11 bits per heavy atom. The van der Waals surface area contributed by atoms with Crippen molar-refractivity contribution in [2.75, 3.05) is 20.8 Å². The molecule has 2 aromatic heterocycles. The highest BCUT2D eigenvalue weighted by atomic mass is 16.5. The van der Waals surface area contributed by atoms with Crippen LogP contribution in [0.3, 0.4) is 0 Å². The molecule has 9 heteroatoms. The van der Waals surface area contributed by atoms with Gasteiger partial charge in [-0.15, -0.1) is 0 Å². The summed E-state index contributed by atoms with van der Waals surface area (Å²) in [4.78, 5) is 31.2. The second kappa shape index (κ2) is 9.18. The smallest absolute Gasteiger partial charge is 0.290 e. The van der Waals surface area contributed by atoms with E-state index >= 15 is 0 Å². The maximum atomic E-state index is 13.3. The number of carbonyl (C=O) groups excluding carboxylic acids is 2. The number of H-pyrrole nitrogens is 1. The Kier molecular flexibility index (Phi) is 5.89. The van der Waals surface area contributed by atoms with E-state index in [9.17, 15) is 19.8 Å². The van der Waals surface area contributed by atoms with Crippen LogP contribution in [0.15, 0.2) is 76.7 Å². The van der Waals surface area contributed by atoms with Gasteiger partial charge >= 0.3 is 0 Å². The minimum absolute atomic E-state index is 0.00525. The highest BCUT2D eigenvalue weighted by Gasteiger charge is 2.44. The van der Waals surface area contributed by atoms with Gasteiger partial charge in [-0.1, -0.05) is 6.07 Å². The first-order valence-electron chi connectivity index (χ1n) is 11.3. The highest BCUT2D eigenvalue weighted by molar-refractivity contribution is 6.15. The molecule has 9 nitrogen and oxygen atoms in total. The number of ether oxygens (including phenoxy) is 2. The molecule has 1 aliphatic heterocycles. The number of aromatic nitrogens is 1. The van der Waals surface area contributed by atoms with Crippen molar-refractivity contribution >= 4 is 22.6 Å². The highest BCUT2D eigenvalue weighted by Crippen LogP contribution is 2.41. The molecule has 2 aromatic carbocycles. The SMILES string of the molecule is COc1ccc2[nH]cc(CCN3C(=O)C(O)=C(C(=O)c4ccco4)[C@@H]3c3ccc(O)c(OC)c3)c2c1. The molecule has 0 bridgehead atoms. The molecule has 0 saturated heterocycles. The molecule has 4 aromatic rings. The summed E-state index contributed by atoms with van der Waals surface area (Å²) in [6.07, 6.45) is 3.66. The van der Waals surface area contributed by atoms with Gasteiger partial charge in [0.2, 0.25) is 5.78 Å². The molecule has 184 valence electrons. The first-order valence-corrected chi connectivity index (χ1v) is 11.3. The quantitative estimate of drug-likeness (QED) is 0.316. The number of rotatable bonds is 8. The van der Waals surface area contributed by atoms with Crippen LogP contribution in [0, 0.1) is 0 Å². The van der Waals surface area contributed by atoms with Crippen molar-refractivity contribution in [1.82, 2.24) is 9.88 Å². The lowest BCUT2D eigenvalue weighted by Gasteiger charge is -2.27. The average Bonchev–Trinajstić information content (AvgIpc) is 3.62. The Labute approximate surface area is 206 Å². The van der Waals surface area contributed by atoms with Gasteiger partial charge in [-0.05, 0) is 60.0 Å². The number of aliphatic hydroxyl groups excluding tert-OH is 1. The van der Waals surface area contributed by atoms with Gasteiger partial charge in [0.15, 0.2) is 23.0 Å². The summed E-state index contributed by atoms with van der Waals surface area (Å²) in [5.74, 6) is -1.08. The predicted octanol–water partition coefficient (Wildman–Crippen LogP) is 4.30. The molecule has 1 atom stereocenters. The van der Waals surface area contributed by atoms with E-state index in [0.717, 1.165) is 16.5 Å². The van der Waals surface area contributed by atoms with E-state index in [4.69, 9.17) is 13.9 Å². The normalized spacial score (nSPS) is 15.7. The average molecular weight is 488 g/mol. The molecular formula is C27H24N2O7. The fourth-order valence-corrected chi connectivity index (χ4v) is 4.60. The summed E-state index contributed by atoms with van der Waals surface area (Å²) < 4.78 is 15.8.